The van der Waals surface area contributed by atoms with Crippen LogP contribution in [-0.2, 0) is 19.7 Å². The molecule has 2 aromatic rings. The maximum atomic E-state index is 10.3. The lowest BCUT2D eigenvalue weighted by Crippen LogP contribution is -2.37. The van der Waals surface area contributed by atoms with Crippen molar-refractivity contribution in [2.75, 3.05) is 6.54 Å². The molecule has 2 N–H and O–H groups in total. The molecule has 3 heterocycles. The zero-order valence-corrected chi connectivity index (χ0v) is 13.2. The predicted octanol–water partition coefficient (Wildman–Crippen LogP) is 2.36. The van der Waals surface area contributed by atoms with Crippen molar-refractivity contribution in [2.45, 2.75) is 46.0 Å². The van der Waals surface area contributed by atoms with Crippen LogP contribution in [0, 0.1) is 6.92 Å². The van der Waals surface area contributed by atoms with Gasteiger partial charge in [-0.3, -0.25) is 9.88 Å². The number of aliphatic hydroxyl groups is 1. The predicted molar refractivity (Wildman–Crippen MR) is 84.4 cm³/mol. The van der Waals surface area contributed by atoms with Gasteiger partial charge in [0.1, 0.15) is 5.75 Å². The second kappa shape index (κ2) is 6.10. The maximum Gasteiger partial charge on any atom is 0.141 e. The topological polar surface area (TPSA) is 61.5 Å². The van der Waals surface area contributed by atoms with Gasteiger partial charge in [0.2, 0.25) is 0 Å². The molecule has 0 aromatic carbocycles. The molecule has 22 heavy (non-hydrogen) atoms. The fourth-order valence-electron chi connectivity index (χ4n) is 3.37. The quantitative estimate of drug-likeness (QED) is 0.910. The number of nitrogens with zero attached hydrogens (tertiary/aromatic N) is 3. The van der Waals surface area contributed by atoms with Crippen LogP contribution in [0.3, 0.4) is 0 Å². The van der Waals surface area contributed by atoms with Crippen molar-refractivity contribution in [2.24, 2.45) is 0 Å². The molecule has 1 atom stereocenters. The van der Waals surface area contributed by atoms with Crippen LogP contribution in [0.4, 0.5) is 0 Å². The lowest BCUT2D eigenvalue weighted by molar-refractivity contribution is 0.141. The van der Waals surface area contributed by atoms with Gasteiger partial charge in [0.15, 0.2) is 0 Å². The first-order valence-electron chi connectivity index (χ1n) is 7.82. The van der Waals surface area contributed by atoms with Gasteiger partial charge in [-0.25, -0.2) is 0 Å². The molecule has 0 aliphatic carbocycles. The summed E-state index contributed by atoms with van der Waals surface area (Å²) in [6.45, 7) is 6.40. The number of aliphatic hydroxyl groups excluding tert-OH is 1. The highest BCUT2D eigenvalue weighted by Gasteiger charge is 2.27. The fourth-order valence-corrected chi connectivity index (χ4v) is 3.37. The molecule has 0 unspecified atom stereocenters. The summed E-state index contributed by atoms with van der Waals surface area (Å²) in [6, 6.07) is 4.60. The number of aryl methyl sites for hydroxylation is 1. The molecule has 1 aliphatic heterocycles. The molecule has 0 saturated carbocycles. The lowest BCUT2D eigenvalue weighted by Gasteiger charge is -2.37. The van der Waals surface area contributed by atoms with Gasteiger partial charge in [-0.05, 0) is 25.5 Å². The van der Waals surface area contributed by atoms with Crippen molar-refractivity contribution in [1.29, 1.82) is 0 Å². The number of hydrogen-bond donors (Lipinski definition) is 2. The molecule has 2 aromatic heterocycles. The molecule has 0 fully saturated rings. The van der Waals surface area contributed by atoms with Crippen molar-refractivity contribution in [3.8, 4) is 5.75 Å². The van der Waals surface area contributed by atoms with Gasteiger partial charge in [-0.15, -0.1) is 0 Å². The van der Waals surface area contributed by atoms with Crippen LogP contribution in [0.1, 0.15) is 41.9 Å². The summed E-state index contributed by atoms with van der Waals surface area (Å²) in [7, 11) is 0. The molecule has 1 aliphatic rings. The fraction of sp³-hybridized carbons (Fsp3) is 0.471. The number of aromatic nitrogens is 2. The van der Waals surface area contributed by atoms with E-state index in [2.05, 4.69) is 39.7 Å². The van der Waals surface area contributed by atoms with Crippen molar-refractivity contribution < 1.29 is 10.2 Å². The van der Waals surface area contributed by atoms with E-state index in [-0.39, 0.29) is 12.4 Å². The van der Waals surface area contributed by atoms with E-state index in [4.69, 9.17) is 0 Å². The Hall–Kier alpha value is -1.85. The first-order chi connectivity index (χ1) is 10.7. The van der Waals surface area contributed by atoms with Crippen molar-refractivity contribution in [3.63, 3.8) is 0 Å². The van der Waals surface area contributed by atoms with Gasteiger partial charge < -0.3 is 14.8 Å². The molecule has 0 radical (unpaired) electrons. The maximum absolute atomic E-state index is 10.3. The number of rotatable bonds is 4. The van der Waals surface area contributed by atoms with Crippen LogP contribution in [0.2, 0.25) is 0 Å². The van der Waals surface area contributed by atoms with Crippen LogP contribution >= 0.6 is 0 Å². The SMILES string of the molecule is CC[C@H]1c2cccn2CCN1Cc1c(CO)cnc(C)c1O. The summed E-state index contributed by atoms with van der Waals surface area (Å²) >= 11 is 0. The van der Waals surface area contributed by atoms with E-state index in [1.165, 1.54) is 5.69 Å². The first-order valence-corrected chi connectivity index (χ1v) is 7.82. The highest BCUT2D eigenvalue weighted by atomic mass is 16.3. The Morgan fingerprint density at radius 1 is 1.36 bits per heavy atom. The Morgan fingerprint density at radius 2 is 2.18 bits per heavy atom. The molecule has 5 nitrogen and oxygen atoms in total. The summed E-state index contributed by atoms with van der Waals surface area (Å²) < 4.78 is 2.30. The summed E-state index contributed by atoms with van der Waals surface area (Å²) in [6.07, 6.45) is 4.81. The van der Waals surface area contributed by atoms with E-state index in [1.807, 2.05) is 0 Å². The van der Waals surface area contributed by atoms with Crippen LogP contribution in [-0.4, -0.2) is 31.2 Å². The Bertz CT molecular complexity index is 666. The average molecular weight is 301 g/mol. The smallest absolute Gasteiger partial charge is 0.141 e. The highest BCUT2D eigenvalue weighted by Crippen LogP contribution is 2.33. The molecule has 118 valence electrons. The molecule has 0 bridgehead atoms. The van der Waals surface area contributed by atoms with Crippen LogP contribution < -0.4 is 0 Å². The zero-order chi connectivity index (χ0) is 15.7. The molecule has 0 saturated heterocycles. The number of aromatic hydroxyl groups is 1. The third-order valence-corrected chi connectivity index (χ3v) is 4.62. The van der Waals surface area contributed by atoms with Gasteiger partial charge in [0.25, 0.3) is 0 Å². The minimum Gasteiger partial charge on any atom is -0.506 e. The Labute approximate surface area is 130 Å². The molecule has 5 heteroatoms. The van der Waals surface area contributed by atoms with E-state index in [0.717, 1.165) is 25.1 Å². The largest absolute Gasteiger partial charge is 0.506 e. The number of fused-ring (bicyclic) bond motifs is 1. The Balaban J connectivity index is 1.92. The second-order valence-electron chi connectivity index (χ2n) is 5.88. The highest BCUT2D eigenvalue weighted by molar-refractivity contribution is 5.40. The van der Waals surface area contributed by atoms with Gasteiger partial charge in [-0.1, -0.05) is 6.92 Å². The minimum atomic E-state index is -0.100. The van der Waals surface area contributed by atoms with E-state index in [9.17, 15) is 10.2 Å². The van der Waals surface area contributed by atoms with Crippen LogP contribution in [0.5, 0.6) is 5.75 Å². The van der Waals surface area contributed by atoms with E-state index in [0.29, 0.717) is 23.8 Å². The molecule has 0 spiro atoms. The molecular formula is C17H23N3O2. The number of hydrogen-bond acceptors (Lipinski definition) is 4. The minimum absolute atomic E-state index is 0.100. The van der Waals surface area contributed by atoms with Crippen LogP contribution in [0.25, 0.3) is 0 Å². The average Bonchev–Trinajstić information content (AvgIpc) is 3.00. The van der Waals surface area contributed by atoms with E-state index in [1.54, 1.807) is 13.1 Å². The third-order valence-electron chi connectivity index (χ3n) is 4.62. The monoisotopic (exact) mass is 301 g/mol. The molecule has 0 amide bonds. The van der Waals surface area contributed by atoms with Gasteiger partial charge in [0.05, 0.1) is 18.3 Å². The number of pyridine rings is 1. The van der Waals surface area contributed by atoms with Gasteiger partial charge in [0, 0.05) is 48.8 Å². The summed E-state index contributed by atoms with van der Waals surface area (Å²) in [5.74, 6) is 0.211. The summed E-state index contributed by atoms with van der Waals surface area (Å²) in [5.41, 5.74) is 3.44. The van der Waals surface area contributed by atoms with Crippen molar-refractivity contribution in [1.82, 2.24) is 14.5 Å². The first kappa shape index (κ1) is 15.1. The third kappa shape index (κ3) is 2.51. The van der Waals surface area contributed by atoms with E-state index < -0.39 is 0 Å². The van der Waals surface area contributed by atoms with Crippen LogP contribution in [0.15, 0.2) is 24.5 Å². The summed E-state index contributed by atoms with van der Waals surface area (Å²) in [4.78, 5) is 6.52. The standard InChI is InChI=1S/C17H23N3O2/c1-3-15-16-5-4-6-19(16)7-8-20(15)10-14-13(11-21)9-18-12(2)17(14)22/h4-6,9,15,21-22H,3,7-8,10-11H2,1-2H3/t15-/m0/s1. The Kier molecular flexibility index (Phi) is 4.18. The van der Waals surface area contributed by atoms with Crippen molar-refractivity contribution >= 4 is 0 Å². The summed E-state index contributed by atoms with van der Waals surface area (Å²) in [5, 5.41) is 19.9. The second-order valence-corrected chi connectivity index (χ2v) is 5.88. The Morgan fingerprint density at radius 3 is 2.91 bits per heavy atom. The van der Waals surface area contributed by atoms with E-state index >= 15 is 0 Å². The van der Waals surface area contributed by atoms with Gasteiger partial charge in [-0.2, -0.15) is 0 Å². The van der Waals surface area contributed by atoms with Crippen molar-refractivity contribution in [3.05, 3.63) is 47.0 Å². The van der Waals surface area contributed by atoms with Gasteiger partial charge >= 0.3 is 0 Å². The molecule has 3 rings (SSSR count). The zero-order valence-electron chi connectivity index (χ0n) is 13.2. The molecular weight excluding hydrogens is 278 g/mol. The normalized spacial score (nSPS) is 18.4. The lowest BCUT2D eigenvalue weighted by atomic mass is 10.0.